The molecule has 2 aromatic carbocycles. The highest BCUT2D eigenvalue weighted by Crippen LogP contribution is 2.51. The second-order valence-electron chi connectivity index (χ2n) is 6.80. The van der Waals surface area contributed by atoms with Crippen LogP contribution in [0.15, 0.2) is 54.6 Å². The van der Waals surface area contributed by atoms with Gasteiger partial charge in [0, 0.05) is 22.7 Å². The first-order chi connectivity index (χ1) is 12.2. The van der Waals surface area contributed by atoms with E-state index in [1.165, 1.54) is 11.1 Å². The van der Waals surface area contributed by atoms with E-state index in [1.807, 2.05) is 31.2 Å². The van der Waals surface area contributed by atoms with Crippen LogP contribution >= 0.6 is 0 Å². The molecule has 3 atom stereocenters. The first-order valence-corrected chi connectivity index (χ1v) is 8.99. The van der Waals surface area contributed by atoms with E-state index in [9.17, 15) is 4.79 Å². The van der Waals surface area contributed by atoms with Crippen LogP contribution in [-0.2, 0) is 0 Å². The lowest BCUT2D eigenvalue weighted by atomic mass is 9.76. The molecule has 0 saturated heterocycles. The number of nitrogens with one attached hydrogen (secondary N) is 1. The number of rotatable bonds is 4. The molecule has 128 valence electrons. The maximum atomic E-state index is 11.8. The Morgan fingerprint density at radius 2 is 2.04 bits per heavy atom. The number of carbonyl (C=O) groups is 1. The number of ketones is 1. The second kappa shape index (κ2) is 6.40. The Hall–Kier alpha value is -2.55. The Kier molecular flexibility index (Phi) is 4.08. The van der Waals surface area contributed by atoms with Crippen LogP contribution < -0.4 is 10.1 Å². The van der Waals surface area contributed by atoms with E-state index in [1.54, 1.807) is 6.92 Å². The SMILES string of the molecule is CCOc1ccccc1C1Nc2ccc(C(C)=O)cc2C2C=CCC21. The number of benzene rings is 2. The monoisotopic (exact) mass is 333 g/mol. The summed E-state index contributed by atoms with van der Waals surface area (Å²) in [6, 6.07) is 14.5. The van der Waals surface area contributed by atoms with E-state index < -0.39 is 0 Å². The summed E-state index contributed by atoms with van der Waals surface area (Å²) in [4.78, 5) is 11.8. The maximum absolute atomic E-state index is 11.8. The zero-order chi connectivity index (χ0) is 17.4. The third-order valence-electron chi connectivity index (χ3n) is 5.32. The first kappa shape index (κ1) is 15.9. The molecule has 0 aromatic heterocycles. The average Bonchev–Trinajstić information content (AvgIpc) is 3.11. The van der Waals surface area contributed by atoms with Gasteiger partial charge in [0.1, 0.15) is 5.75 Å². The summed E-state index contributed by atoms with van der Waals surface area (Å²) in [6.45, 7) is 4.30. The van der Waals surface area contributed by atoms with Gasteiger partial charge in [-0.25, -0.2) is 0 Å². The van der Waals surface area contributed by atoms with Crippen molar-refractivity contribution >= 4 is 11.5 Å². The molecule has 0 fully saturated rings. The van der Waals surface area contributed by atoms with Crippen LogP contribution in [0, 0.1) is 5.92 Å². The standard InChI is InChI=1S/C22H23NO2/c1-3-25-21-10-5-4-7-18(21)22-17-9-6-8-16(17)19-13-15(14(2)24)11-12-20(19)23-22/h4-8,10-13,16-17,22-23H,3,9H2,1-2H3. The van der Waals surface area contributed by atoms with Gasteiger partial charge in [0.15, 0.2) is 5.78 Å². The summed E-state index contributed by atoms with van der Waals surface area (Å²) in [5.41, 5.74) is 4.35. The van der Waals surface area contributed by atoms with Gasteiger partial charge >= 0.3 is 0 Å². The lowest BCUT2D eigenvalue weighted by molar-refractivity contribution is 0.101. The number of hydrogen-bond acceptors (Lipinski definition) is 3. The van der Waals surface area contributed by atoms with Gasteiger partial charge < -0.3 is 10.1 Å². The van der Waals surface area contributed by atoms with E-state index in [-0.39, 0.29) is 11.8 Å². The number of anilines is 1. The third kappa shape index (κ3) is 2.74. The number of ether oxygens (including phenoxy) is 1. The number of para-hydroxylation sites is 1. The molecular weight excluding hydrogens is 310 g/mol. The van der Waals surface area contributed by atoms with Crippen molar-refractivity contribution in [3.8, 4) is 5.75 Å². The number of fused-ring (bicyclic) bond motifs is 3. The van der Waals surface area contributed by atoms with Crippen molar-refractivity contribution in [3.63, 3.8) is 0 Å². The molecule has 0 bridgehead atoms. The highest BCUT2D eigenvalue weighted by Gasteiger charge is 2.39. The fourth-order valence-electron chi connectivity index (χ4n) is 4.15. The highest BCUT2D eigenvalue weighted by atomic mass is 16.5. The van der Waals surface area contributed by atoms with Crippen LogP contribution in [0.3, 0.4) is 0 Å². The molecule has 3 nitrogen and oxygen atoms in total. The Balaban J connectivity index is 1.77. The van der Waals surface area contributed by atoms with Crippen LogP contribution in [0.5, 0.6) is 5.75 Å². The molecule has 1 aliphatic carbocycles. The van der Waals surface area contributed by atoms with E-state index in [0.29, 0.717) is 18.4 Å². The fourth-order valence-corrected chi connectivity index (χ4v) is 4.15. The van der Waals surface area contributed by atoms with E-state index in [4.69, 9.17) is 4.74 Å². The number of carbonyl (C=O) groups excluding carboxylic acids is 1. The number of allylic oxidation sites excluding steroid dienone is 2. The second-order valence-corrected chi connectivity index (χ2v) is 6.80. The van der Waals surface area contributed by atoms with Gasteiger partial charge in [0.2, 0.25) is 0 Å². The normalized spacial score (nSPS) is 23.5. The van der Waals surface area contributed by atoms with Gasteiger partial charge in [0.05, 0.1) is 12.6 Å². The van der Waals surface area contributed by atoms with Gasteiger partial charge in [-0.1, -0.05) is 30.4 Å². The highest BCUT2D eigenvalue weighted by molar-refractivity contribution is 5.95. The molecule has 3 unspecified atom stereocenters. The predicted molar refractivity (Wildman–Crippen MR) is 100 cm³/mol. The smallest absolute Gasteiger partial charge is 0.159 e. The Bertz CT molecular complexity index is 840. The molecule has 0 spiro atoms. The van der Waals surface area contributed by atoms with E-state index in [0.717, 1.165) is 23.4 Å². The van der Waals surface area contributed by atoms with Crippen molar-refractivity contribution in [2.75, 3.05) is 11.9 Å². The van der Waals surface area contributed by atoms with Crippen LogP contribution in [-0.4, -0.2) is 12.4 Å². The van der Waals surface area contributed by atoms with Crippen molar-refractivity contribution in [2.24, 2.45) is 5.92 Å². The summed E-state index contributed by atoms with van der Waals surface area (Å²) < 4.78 is 5.87. The molecule has 4 rings (SSSR count). The topological polar surface area (TPSA) is 38.3 Å². The zero-order valence-corrected chi connectivity index (χ0v) is 14.7. The van der Waals surface area contributed by atoms with Crippen molar-refractivity contribution < 1.29 is 9.53 Å². The molecule has 1 aliphatic heterocycles. The fraction of sp³-hybridized carbons (Fsp3) is 0.318. The third-order valence-corrected chi connectivity index (χ3v) is 5.32. The summed E-state index contributed by atoms with van der Waals surface area (Å²) in [5, 5.41) is 3.72. The van der Waals surface area contributed by atoms with Gasteiger partial charge in [-0.15, -0.1) is 0 Å². The Labute approximate surface area is 148 Å². The van der Waals surface area contributed by atoms with Crippen molar-refractivity contribution in [2.45, 2.75) is 32.2 Å². The quantitative estimate of drug-likeness (QED) is 0.624. The summed E-state index contributed by atoms with van der Waals surface area (Å²) in [6.07, 6.45) is 5.60. The summed E-state index contributed by atoms with van der Waals surface area (Å²) >= 11 is 0. The molecule has 0 amide bonds. The van der Waals surface area contributed by atoms with Gasteiger partial charge in [0.25, 0.3) is 0 Å². The van der Waals surface area contributed by atoms with Crippen LogP contribution in [0.1, 0.15) is 53.7 Å². The molecule has 2 aromatic rings. The van der Waals surface area contributed by atoms with Crippen molar-refractivity contribution in [1.82, 2.24) is 0 Å². The lowest BCUT2D eigenvalue weighted by Crippen LogP contribution is -2.29. The van der Waals surface area contributed by atoms with Crippen LogP contribution in [0.4, 0.5) is 5.69 Å². The Morgan fingerprint density at radius 3 is 2.84 bits per heavy atom. The van der Waals surface area contributed by atoms with Crippen LogP contribution in [0.25, 0.3) is 0 Å². The first-order valence-electron chi connectivity index (χ1n) is 8.99. The molecular formula is C22H23NO2. The van der Waals surface area contributed by atoms with Gasteiger partial charge in [-0.3, -0.25) is 4.79 Å². The summed E-state index contributed by atoms with van der Waals surface area (Å²) in [7, 11) is 0. The predicted octanol–water partition coefficient (Wildman–Crippen LogP) is 5.11. The minimum atomic E-state index is 0.116. The maximum Gasteiger partial charge on any atom is 0.159 e. The minimum absolute atomic E-state index is 0.116. The largest absolute Gasteiger partial charge is 0.494 e. The molecule has 2 aliphatic rings. The van der Waals surface area contributed by atoms with E-state index >= 15 is 0 Å². The van der Waals surface area contributed by atoms with Crippen molar-refractivity contribution in [3.05, 3.63) is 71.3 Å². The minimum Gasteiger partial charge on any atom is -0.494 e. The number of Topliss-reactive ketones (excluding diaryl/α,β-unsaturated/α-hetero) is 1. The number of hydrogen-bond donors (Lipinski definition) is 1. The molecule has 0 saturated carbocycles. The average molecular weight is 333 g/mol. The van der Waals surface area contributed by atoms with Gasteiger partial charge in [-0.05, 0) is 56.0 Å². The zero-order valence-electron chi connectivity index (χ0n) is 14.7. The molecule has 1 heterocycles. The molecule has 1 N–H and O–H groups in total. The Morgan fingerprint density at radius 1 is 1.20 bits per heavy atom. The van der Waals surface area contributed by atoms with E-state index in [2.05, 4.69) is 35.7 Å². The summed E-state index contributed by atoms with van der Waals surface area (Å²) in [5.74, 6) is 1.86. The molecule has 0 radical (unpaired) electrons. The van der Waals surface area contributed by atoms with Crippen LogP contribution in [0.2, 0.25) is 0 Å². The lowest BCUT2D eigenvalue weighted by Gasteiger charge is -2.38. The van der Waals surface area contributed by atoms with Crippen molar-refractivity contribution in [1.29, 1.82) is 0 Å². The van der Waals surface area contributed by atoms with Gasteiger partial charge in [-0.2, -0.15) is 0 Å². The molecule has 3 heteroatoms. The molecule has 25 heavy (non-hydrogen) atoms.